The predicted octanol–water partition coefficient (Wildman–Crippen LogP) is 0.813. The zero-order chi connectivity index (χ0) is 13.2. The molecule has 1 aliphatic heterocycles. The lowest BCUT2D eigenvalue weighted by molar-refractivity contribution is -0.0410. The molecule has 1 aliphatic rings. The first kappa shape index (κ1) is 11.8. The highest BCUT2D eigenvalue weighted by Gasteiger charge is 2.18. The zero-order valence-electron chi connectivity index (χ0n) is 10.2. The number of aromatic amines is 1. The third kappa shape index (κ3) is 2.45. The first-order valence-electron chi connectivity index (χ1n) is 6.03. The van der Waals surface area contributed by atoms with Gasteiger partial charge in [0.25, 0.3) is 0 Å². The first-order valence-corrected chi connectivity index (χ1v) is 6.03. The van der Waals surface area contributed by atoms with Crippen LogP contribution in [0.3, 0.4) is 0 Å². The number of hydrogen-bond acceptors (Lipinski definition) is 6. The van der Waals surface area contributed by atoms with E-state index < -0.39 is 5.76 Å². The van der Waals surface area contributed by atoms with E-state index in [2.05, 4.69) is 20.0 Å². The van der Waals surface area contributed by atoms with Gasteiger partial charge < -0.3 is 20.3 Å². The normalized spacial score (nSPS) is 18.0. The van der Waals surface area contributed by atoms with Gasteiger partial charge in [0.2, 0.25) is 0 Å². The van der Waals surface area contributed by atoms with Crippen LogP contribution in [0.5, 0.6) is 0 Å². The summed E-state index contributed by atoms with van der Waals surface area (Å²) in [6, 6.07) is 5.35. The number of ether oxygens (including phenoxy) is 1. The van der Waals surface area contributed by atoms with E-state index in [0.717, 1.165) is 24.3 Å². The minimum Gasteiger partial charge on any atom is -0.397 e. The molecule has 19 heavy (non-hydrogen) atoms. The summed E-state index contributed by atoms with van der Waals surface area (Å²) in [5, 5.41) is 5.70. The molecule has 7 nitrogen and oxygen atoms in total. The summed E-state index contributed by atoms with van der Waals surface area (Å²) in [5.41, 5.74) is 8.05. The average Bonchev–Trinajstić information content (AvgIpc) is 2.76. The van der Waals surface area contributed by atoms with Gasteiger partial charge in [-0.1, -0.05) is 0 Å². The Morgan fingerprint density at radius 2 is 2.37 bits per heavy atom. The van der Waals surface area contributed by atoms with Crippen molar-refractivity contribution in [3.63, 3.8) is 0 Å². The summed E-state index contributed by atoms with van der Waals surface area (Å²) < 4.78 is 9.88. The van der Waals surface area contributed by atoms with Crippen LogP contribution in [0.25, 0.3) is 11.4 Å². The minimum absolute atomic E-state index is 0.245. The molecule has 1 fully saturated rings. The van der Waals surface area contributed by atoms with Crippen LogP contribution in [0.2, 0.25) is 0 Å². The lowest BCUT2D eigenvalue weighted by Crippen LogP contribution is -2.33. The van der Waals surface area contributed by atoms with Crippen LogP contribution in [-0.4, -0.2) is 29.4 Å². The van der Waals surface area contributed by atoms with Crippen molar-refractivity contribution >= 4 is 11.4 Å². The molecule has 1 aromatic carbocycles. The highest BCUT2D eigenvalue weighted by molar-refractivity contribution is 5.73. The average molecular weight is 262 g/mol. The van der Waals surface area contributed by atoms with Crippen molar-refractivity contribution in [2.75, 3.05) is 24.2 Å². The van der Waals surface area contributed by atoms with Gasteiger partial charge in [-0.25, -0.2) is 4.79 Å². The van der Waals surface area contributed by atoms with Crippen LogP contribution in [0.1, 0.15) is 6.42 Å². The quantitative estimate of drug-likeness (QED) is 0.704. The highest BCUT2D eigenvalue weighted by atomic mass is 16.5. The van der Waals surface area contributed by atoms with E-state index >= 15 is 0 Å². The van der Waals surface area contributed by atoms with Crippen molar-refractivity contribution in [3.8, 4) is 11.4 Å². The summed E-state index contributed by atoms with van der Waals surface area (Å²) >= 11 is 0. The molecule has 100 valence electrons. The maximum Gasteiger partial charge on any atom is 0.460 e. The van der Waals surface area contributed by atoms with E-state index in [0.29, 0.717) is 18.1 Å². The van der Waals surface area contributed by atoms with Crippen molar-refractivity contribution in [2.45, 2.75) is 12.5 Å². The van der Waals surface area contributed by atoms with Gasteiger partial charge >= 0.3 is 5.76 Å². The molecule has 2 heterocycles. The fraction of sp³-hybridized carbons (Fsp3) is 0.333. The Hall–Kier alpha value is -2.28. The van der Waals surface area contributed by atoms with Crippen LogP contribution in [0, 0.1) is 0 Å². The Labute approximate surface area is 108 Å². The van der Waals surface area contributed by atoms with Gasteiger partial charge in [0.05, 0.1) is 17.5 Å². The van der Waals surface area contributed by atoms with Gasteiger partial charge in [-0.2, -0.15) is 10.1 Å². The molecule has 0 radical (unpaired) electrons. The van der Waals surface area contributed by atoms with E-state index in [1.165, 1.54) is 0 Å². The minimum atomic E-state index is -0.649. The van der Waals surface area contributed by atoms with Crippen LogP contribution >= 0.6 is 0 Å². The molecule has 0 amide bonds. The smallest absolute Gasteiger partial charge is 0.397 e. The molecular weight excluding hydrogens is 248 g/mol. The summed E-state index contributed by atoms with van der Waals surface area (Å²) in [4.78, 5) is 14.6. The van der Waals surface area contributed by atoms with Gasteiger partial charge in [0, 0.05) is 18.7 Å². The predicted molar refractivity (Wildman–Crippen MR) is 69.8 cm³/mol. The van der Waals surface area contributed by atoms with Gasteiger partial charge in [-0.3, -0.25) is 0 Å². The van der Waals surface area contributed by atoms with Gasteiger partial charge in [0.15, 0.2) is 5.82 Å². The second kappa shape index (κ2) is 4.77. The number of hydrogen-bond donors (Lipinski definition) is 3. The number of H-pyrrole nitrogens is 1. The van der Waals surface area contributed by atoms with Gasteiger partial charge in [-0.05, 0) is 24.6 Å². The highest BCUT2D eigenvalue weighted by Crippen LogP contribution is 2.25. The Bertz CT molecular complexity index is 630. The Morgan fingerprint density at radius 1 is 1.53 bits per heavy atom. The number of benzene rings is 1. The number of nitrogens with zero attached hydrogens (tertiary/aromatic N) is 1. The largest absolute Gasteiger partial charge is 0.460 e. The van der Waals surface area contributed by atoms with Crippen molar-refractivity contribution in [1.82, 2.24) is 10.1 Å². The number of aromatic nitrogens is 2. The topological polar surface area (TPSA) is 106 Å². The first-order chi connectivity index (χ1) is 9.22. The fourth-order valence-corrected chi connectivity index (χ4v) is 1.88. The van der Waals surface area contributed by atoms with E-state index in [-0.39, 0.29) is 6.10 Å². The summed E-state index contributed by atoms with van der Waals surface area (Å²) in [6.45, 7) is 1.53. The second-order valence-electron chi connectivity index (χ2n) is 4.39. The molecule has 0 saturated carbocycles. The number of rotatable bonds is 4. The molecule has 0 unspecified atom stereocenters. The molecule has 1 aromatic heterocycles. The van der Waals surface area contributed by atoms with Crippen LogP contribution in [0.4, 0.5) is 11.4 Å². The van der Waals surface area contributed by atoms with Crippen molar-refractivity contribution in [1.29, 1.82) is 0 Å². The van der Waals surface area contributed by atoms with Crippen LogP contribution < -0.4 is 16.8 Å². The zero-order valence-corrected chi connectivity index (χ0v) is 10.2. The van der Waals surface area contributed by atoms with E-state index in [9.17, 15) is 4.79 Å². The molecule has 2 aromatic rings. The monoisotopic (exact) mass is 262 g/mol. The Kier molecular flexibility index (Phi) is 2.96. The third-order valence-electron chi connectivity index (χ3n) is 3.08. The molecule has 1 saturated heterocycles. The van der Waals surface area contributed by atoms with Crippen molar-refractivity contribution < 1.29 is 9.26 Å². The molecule has 1 atom stereocenters. The maximum absolute atomic E-state index is 10.9. The summed E-state index contributed by atoms with van der Waals surface area (Å²) in [7, 11) is 0. The van der Waals surface area contributed by atoms with Gasteiger partial charge in [-0.15, -0.1) is 0 Å². The summed E-state index contributed by atoms with van der Waals surface area (Å²) in [5.74, 6) is -0.267. The van der Waals surface area contributed by atoms with E-state index in [1.54, 1.807) is 12.1 Å². The second-order valence-corrected chi connectivity index (χ2v) is 4.39. The lowest BCUT2D eigenvalue weighted by atomic mass is 10.1. The Morgan fingerprint density at radius 3 is 3.00 bits per heavy atom. The fourth-order valence-electron chi connectivity index (χ4n) is 1.88. The number of nitrogens with two attached hydrogens (primary N) is 1. The number of nitrogens with one attached hydrogen (secondary N) is 2. The molecule has 7 heteroatoms. The SMILES string of the molecule is Nc1ccc(-c2nc(=O)o[nH]2)cc1NC[C@@H]1CCO1. The molecular formula is C12H14N4O3. The molecule has 0 bridgehead atoms. The summed E-state index contributed by atoms with van der Waals surface area (Å²) in [6.07, 6.45) is 1.30. The third-order valence-corrected chi connectivity index (χ3v) is 3.08. The van der Waals surface area contributed by atoms with Crippen molar-refractivity contribution in [2.24, 2.45) is 0 Å². The maximum atomic E-state index is 10.9. The molecule has 3 rings (SSSR count). The van der Waals surface area contributed by atoms with Gasteiger partial charge in [0.1, 0.15) is 0 Å². The number of nitrogen functional groups attached to an aromatic ring is 1. The van der Waals surface area contributed by atoms with Crippen molar-refractivity contribution in [3.05, 3.63) is 28.7 Å². The van der Waals surface area contributed by atoms with E-state index in [1.807, 2.05) is 6.07 Å². The molecule has 4 N–H and O–H groups in total. The molecule has 0 aliphatic carbocycles. The molecule has 0 spiro atoms. The Balaban J connectivity index is 1.80. The number of anilines is 2. The van der Waals surface area contributed by atoms with Crippen LogP contribution in [0.15, 0.2) is 27.5 Å². The lowest BCUT2D eigenvalue weighted by Gasteiger charge is -2.27. The van der Waals surface area contributed by atoms with E-state index in [4.69, 9.17) is 10.5 Å². The van der Waals surface area contributed by atoms with Crippen LogP contribution in [-0.2, 0) is 4.74 Å². The standard InChI is InChI=1S/C12H14N4O3/c13-9-2-1-7(11-15-12(17)19-16-11)5-10(9)14-6-8-3-4-18-8/h1-2,5,8,14H,3-4,6,13H2,(H,15,16,17)/t8-/m0/s1.